The average Bonchev–Trinajstić information content (AvgIpc) is 2.05. The second-order valence-electron chi connectivity index (χ2n) is 1.96. The van der Waals surface area contributed by atoms with Crippen molar-refractivity contribution in [1.82, 2.24) is 10.5 Å². The van der Waals surface area contributed by atoms with Gasteiger partial charge in [-0.3, -0.25) is 14.6 Å². The van der Waals surface area contributed by atoms with Gasteiger partial charge in [0, 0.05) is 0 Å². The van der Waals surface area contributed by atoms with Crippen molar-refractivity contribution in [2.24, 2.45) is 10.8 Å². The third-order valence-corrected chi connectivity index (χ3v) is 1.36. The molecule has 0 radical (unpaired) electrons. The van der Waals surface area contributed by atoms with Gasteiger partial charge in [-0.15, -0.1) is 0 Å². The first-order chi connectivity index (χ1) is 5.29. The lowest BCUT2D eigenvalue weighted by molar-refractivity contribution is -0.168. The van der Waals surface area contributed by atoms with Crippen LogP contribution in [0.5, 0.6) is 0 Å². The van der Waals surface area contributed by atoms with E-state index in [-0.39, 0.29) is 11.7 Å². The van der Waals surface area contributed by atoms with Crippen LogP contribution in [-0.2, 0) is 9.63 Å². The number of carbonyl (C=O) groups excluding carboxylic acids is 1. The van der Waals surface area contributed by atoms with E-state index in [1.807, 2.05) is 0 Å². The molecule has 1 rings (SSSR count). The van der Waals surface area contributed by atoms with Gasteiger partial charge >= 0.3 is 5.91 Å². The van der Waals surface area contributed by atoms with Gasteiger partial charge in [-0.1, -0.05) is 0 Å². The molecule has 11 heavy (non-hydrogen) atoms. The molecule has 0 unspecified atom stereocenters. The zero-order valence-corrected chi connectivity index (χ0v) is 6.20. The van der Waals surface area contributed by atoms with E-state index >= 15 is 0 Å². The Bertz CT molecular complexity index is 191. The van der Waals surface area contributed by atoms with Crippen molar-refractivity contribution in [1.29, 1.82) is 0 Å². The van der Waals surface area contributed by atoms with E-state index < -0.39 is 0 Å². The maximum atomic E-state index is 11.1. The number of amides is 1. The molecule has 0 aromatic carbocycles. The summed E-state index contributed by atoms with van der Waals surface area (Å²) in [5, 5.41) is 1.20. The van der Waals surface area contributed by atoms with E-state index in [9.17, 15) is 4.79 Å². The first-order valence-electron chi connectivity index (χ1n) is 3.16. The van der Waals surface area contributed by atoms with Gasteiger partial charge in [-0.2, -0.15) is 0 Å². The zero-order chi connectivity index (χ0) is 8.27. The van der Waals surface area contributed by atoms with E-state index in [0.717, 1.165) is 0 Å². The number of nitrogens with one attached hydrogen (secondary N) is 1. The third-order valence-electron chi connectivity index (χ3n) is 1.36. The number of amidine groups is 1. The number of nitrogens with zero attached hydrogens (tertiary/aromatic N) is 2. The summed E-state index contributed by atoms with van der Waals surface area (Å²) < 4.78 is 0. The van der Waals surface area contributed by atoms with Crippen LogP contribution in [0.1, 0.15) is 0 Å². The lowest BCUT2D eigenvalue weighted by atomic mass is 10.4. The monoisotopic (exact) mass is 158 g/mol. The standard InChI is InChI=1S/C5H10N4O2/c1-11-9-3-2-7-4(8-6)5(9)10/h2-3,6H2,1H3,(H,7,8). The predicted octanol–water partition coefficient (Wildman–Crippen LogP) is -1.75. The van der Waals surface area contributed by atoms with Crippen molar-refractivity contribution in [3.8, 4) is 0 Å². The molecular weight excluding hydrogens is 148 g/mol. The van der Waals surface area contributed by atoms with Crippen molar-refractivity contribution in [3.05, 3.63) is 0 Å². The van der Waals surface area contributed by atoms with E-state index in [4.69, 9.17) is 10.7 Å². The van der Waals surface area contributed by atoms with E-state index in [1.54, 1.807) is 0 Å². The van der Waals surface area contributed by atoms with Gasteiger partial charge in [0.1, 0.15) is 0 Å². The minimum absolute atomic E-state index is 0.137. The molecular formula is C5H10N4O2. The van der Waals surface area contributed by atoms with Gasteiger partial charge in [0.05, 0.1) is 20.2 Å². The van der Waals surface area contributed by atoms with Gasteiger partial charge in [0.2, 0.25) is 5.84 Å². The fourth-order valence-electron chi connectivity index (χ4n) is 0.822. The molecule has 1 aliphatic heterocycles. The Morgan fingerprint density at radius 1 is 1.82 bits per heavy atom. The van der Waals surface area contributed by atoms with Crippen LogP contribution in [0.3, 0.4) is 0 Å². The Balaban J connectivity index is 2.68. The Kier molecular flexibility index (Phi) is 2.40. The smallest absolute Gasteiger partial charge is 0.304 e. The fraction of sp³-hybridized carbons (Fsp3) is 0.600. The van der Waals surface area contributed by atoms with Crippen LogP contribution in [-0.4, -0.2) is 37.0 Å². The summed E-state index contributed by atoms with van der Waals surface area (Å²) in [6, 6.07) is 0. The minimum atomic E-state index is -0.332. The molecule has 62 valence electrons. The molecule has 0 saturated carbocycles. The van der Waals surface area contributed by atoms with Gasteiger partial charge in [-0.25, -0.2) is 10.9 Å². The van der Waals surface area contributed by atoms with Crippen LogP contribution in [0.2, 0.25) is 0 Å². The van der Waals surface area contributed by atoms with Crippen molar-refractivity contribution in [2.45, 2.75) is 0 Å². The maximum absolute atomic E-state index is 11.1. The van der Waals surface area contributed by atoms with Crippen LogP contribution in [0.4, 0.5) is 0 Å². The number of rotatable bonds is 1. The zero-order valence-electron chi connectivity index (χ0n) is 6.20. The molecule has 0 aromatic heterocycles. The topological polar surface area (TPSA) is 79.9 Å². The number of hydroxylamine groups is 2. The molecule has 0 fully saturated rings. The average molecular weight is 158 g/mol. The Morgan fingerprint density at radius 2 is 2.55 bits per heavy atom. The Labute approximate surface area is 63.9 Å². The summed E-state index contributed by atoms with van der Waals surface area (Å²) in [5.74, 6) is 4.83. The highest BCUT2D eigenvalue weighted by molar-refractivity contribution is 6.37. The predicted molar refractivity (Wildman–Crippen MR) is 38.3 cm³/mol. The van der Waals surface area contributed by atoms with E-state index in [0.29, 0.717) is 13.1 Å². The molecule has 0 atom stereocenters. The van der Waals surface area contributed by atoms with Crippen molar-refractivity contribution in [3.63, 3.8) is 0 Å². The second-order valence-corrected chi connectivity index (χ2v) is 1.96. The number of aliphatic imine (C=N–C) groups is 1. The van der Waals surface area contributed by atoms with Gasteiger partial charge in [-0.05, 0) is 0 Å². The molecule has 1 heterocycles. The van der Waals surface area contributed by atoms with Gasteiger partial charge in [0.25, 0.3) is 0 Å². The maximum Gasteiger partial charge on any atom is 0.313 e. The quantitative estimate of drug-likeness (QED) is 0.350. The van der Waals surface area contributed by atoms with Crippen LogP contribution in [0.15, 0.2) is 4.99 Å². The highest BCUT2D eigenvalue weighted by Gasteiger charge is 2.22. The molecule has 0 saturated heterocycles. The normalized spacial score (nSPS) is 18.2. The van der Waals surface area contributed by atoms with E-state index in [2.05, 4.69) is 10.4 Å². The SMILES string of the molecule is CON1CCN=C(NN)C1=O. The molecule has 0 spiro atoms. The van der Waals surface area contributed by atoms with Gasteiger partial charge in [0.15, 0.2) is 0 Å². The number of carbonyl (C=O) groups is 1. The lowest BCUT2D eigenvalue weighted by Gasteiger charge is -2.22. The van der Waals surface area contributed by atoms with Crippen molar-refractivity contribution in [2.75, 3.05) is 20.2 Å². The van der Waals surface area contributed by atoms with Gasteiger partial charge < -0.3 is 5.43 Å². The first kappa shape index (κ1) is 7.96. The molecule has 3 N–H and O–H groups in total. The first-order valence-corrected chi connectivity index (χ1v) is 3.16. The molecule has 0 aliphatic carbocycles. The summed E-state index contributed by atoms with van der Waals surface area (Å²) in [6.07, 6.45) is 0. The summed E-state index contributed by atoms with van der Waals surface area (Å²) in [6.45, 7) is 0.986. The van der Waals surface area contributed by atoms with E-state index in [1.165, 1.54) is 12.2 Å². The number of nitrogens with two attached hydrogens (primary N) is 1. The molecule has 0 bridgehead atoms. The summed E-state index contributed by atoms with van der Waals surface area (Å²) in [5.41, 5.74) is 2.20. The van der Waals surface area contributed by atoms with Crippen LogP contribution in [0, 0.1) is 0 Å². The fourth-order valence-corrected chi connectivity index (χ4v) is 0.822. The minimum Gasteiger partial charge on any atom is -0.304 e. The summed E-state index contributed by atoms with van der Waals surface area (Å²) in [4.78, 5) is 19.7. The highest BCUT2D eigenvalue weighted by Crippen LogP contribution is 1.97. The molecule has 6 heteroatoms. The van der Waals surface area contributed by atoms with Crippen LogP contribution >= 0.6 is 0 Å². The van der Waals surface area contributed by atoms with Crippen molar-refractivity contribution >= 4 is 11.7 Å². The molecule has 6 nitrogen and oxygen atoms in total. The number of hydrogen-bond donors (Lipinski definition) is 2. The lowest BCUT2D eigenvalue weighted by Crippen LogP contribution is -2.49. The Morgan fingerprint density at radius 3 is 3.09 bits per heavy atom. The Hall–Kier alpha value is -1.14. The number of hydrogen-bond acceptors (Lipinski definition) is 5. The van der Waals surface area contributed by atoms with Crippen LogP contribution < -0.4 is 11.3 Å². The summed E-state index contributed by atoms with van der Waals surface area (Å²) in [7, 11) is 1.43. The molecule has 1 amide bonds. The largest absolute Gasteiger partial charge is 0.313 e. The third kappa shape index (κ3) is 1.47. The number of hydrazine groups is 1. The summed E-state index contributed by atoms with van der Waals surface area (Å²) >= 11 is 0. The molecule has 1 aliphatic rings. The van der Waals surface area contributed by atoms with Crippen LogP contribution in [0.25, 0.3) is 0 Å². The highest BCUT2D eigenvalue weighted by atomic mass is 16.7. The van der Waals surface area contributed by atoms with Crippen molar-refractivity contribution < 1.29 is 9.63 Å². The molecule has 0 aromatic rings. The second kappa shape index (κ2) is 3.31.